The first-order valence-electron chi connectivity index (χ1n) is 6.02. The topological polar surface area (TPSA) is 75.8 Å². The van der Waals surface area contributed by atoms with Gasteiger partial charge in [0.15, 0.2) is 0 Å². The van der Waals surface area contributed by atoms with E-state index in [1.54, 1.807) is 30.2 Å². The molecule has 5 heteroatoms. The van der Waals surface area contributed by atoms with Gasteiger partial charge >= 0.3 is 0 Å². The van der Waals surface area contributed by atoms with Gasteiger partial charge < -0.3 is 20.5 Å². The number of carbonyl (C=O) groups excluding carboxylic acids is 1. The molecule has 0 atom stereocenters. The third kappa shape index (κ3) is 2.56. The van der Waals surface area contributed by atoms with E-state index in [0.29, 0.717) is 42.9 Å². The first kappa shape index (κ1) is 12.7. The van der Waals surface area contributed by atoms with Gasteiger partial charge in [-0.3, -0.25) is 4.79 Å². The summed E-state index contributed by atoms with van der Waals surface area (Å²) >= 11 is 0. The van der Waals surface area contributed by atoms with Crippen LogP contribution in [-0.4, -0.2) is 42.2 Å². The normalized spacial score (nSPS) is 16.7. The van der Waals surface area contributed by atoms with Gasteiger partial charge in [0.05, 0.1) is 18.9 Å². The monoisotopic (exact) mass is 250 g/mol. The number of hydrogen-bond acceptors (Lipinski definition) is 4. The lowest BCUT2D eigenvalue weighted by molar-refractivity contribution is 0.0546. The third-order valence-electron chi connectivity index (χ3n) is 3.23. The number of aliphatic hydroxyl groups is 1. The van der Waals surface area contributed by atoms with E-state index in [9.17, 15) is 9.90 Å². The maximum absolute atomic E-state index is 12.2. The molecule has 0 radical (unpaired) electrons. The molecular formula is C13H18N2O3. The second kappa shape index (κ2) is 5.27. The highest BCUT2D eigenvalue weighted by molar-refractivity contribution is 5.95. The largest absolute Gasteiger partial charge is 0.495 e. The summed E-state index contributed by atoms with van der Waals surface area (Å²) in [6.07, 6.45) is 0.990. The van der Waals surface area contributed by atoms with E-state index in [1.807, 2.05) is 0 Å². The number of anilines is 1. The van der Waals surface area contributed by atoms with Crippen LogP contribution in [0.15, 0.2) is 18.2 Å². The lowest BCUT2D eigenvalue weighted by Crippen LogP contribution is -2.40. The van der Waals surface area contributed by atoms with E-state index in [-0.39, 0.29) is 12.0 Å². The van der Waals surface area contributed by atoms with Crippen LogP contribution in [0.2, 0.25) is 0 Å². The Morgan fingerprint density at radius 2 is 2.11 bits per heavy atom. The van der Waals surface area contributed by atoms with Crippen LogP contribution in [0.5, 0.6) is 5.75 Å². The molecule has 1 heterocycles. The number of nitrogen functional groups attached to an aromatic ring is 1. The van der Waals surface area contributed by atoms with Crippen molar-refractivity contribution >= 4 is 11.6 Å². The SMILES string of the molecule is COc1ccc(C(=O)N2CCC(O)CC2)cc1N. The van der Waals surface area contributed by atoms with Gasteiger partial charge in [-0.2, -0.15) is 0 Å². The lowest BCUT2D eigenvalue weighted by atomic mass is 10.1. The third-order valence-corrected chi connectivity index (χ3v) is 3.23. The summed E-state index contributed by atoms with van der Waals surface area (Å²) in [7, 11) is 1.54. The van der Waals surface area contributed by atoms with E-state index < -0.39 is 0 Å². The van der Waals surface area contributed by atoms with Crippen molar-refractivity contribution in [2.45, 2.75) is 18.9 Å². The number of likely N-dealkylation sites (tertiary alicyclic amines) is 1. The van der Waals surface area contributed by atoms with Crippen molar-refractivity contribution in [2.75, 3.05) is 25.9 Å². The minimum Gasteiger partial charge on any atom is -0.495 e. The molecule has 3 N–H and O–H groups in total. The van der Waals surface area contributed by atoms with Crippen molar-refractivity contribution in [3.63, 3.8) is 0 Å². The summed E-state index contributed by atoms with van der Waals surface area (Å²) in [5.41, 5.74) is 6.80. The number of benzene rings is 1. The van der Waals surface area contributed by atoms with E-state index in [0.717, 1.165) is 0 Å². The fraction of sp³-hybridized carbons (Fsp3) is 0.462. The number of aliphatic hydroxyl groups excluding tert-OH is 1. The molecule has 0 spiro atoms. The van der Waals surface area contributed by atoms with Crippen molar-refractivity contribution < 1.29 is 14.6 Å². The van der Waals surface area contributed by atoms with Crippen molar-refractivity contribution in [3.8, 4) is 5.75 Å². The Morgan fingerprint density at radius 3 is 2.67 bits per heavy atom. The molecule has 1 saturated heterocycles. The number of nitrogens with two attached hydrogens (primary N) is 1. The summed E-state index contributed by atoms with van der Waals surface area (Å²) in [5.74, 6) is 0.525. The summed E-state index contributed by atoms with van der Waals surface area (Å²) < 4.78 is 5.06. The standard InChI is InChI=1S/C13H18N2O3/c1-18-12-3-2-9(8-11(12)14)13(17)15-6-4-10(16)5-7-15/h2-3,8,10,16H,4-7,14H2,1H3. The maximum Gasteiger partial charge on any atom is 0.253 e. The van der Waals surface area contributed by atoms with Crippen LogP contribution in [0.1, 0.15) is 23.2 Å². The molecule has 5 nitrogen and oxygen atoms in total. The fourth-order valence-electron chi connectivity index (χ4n) is 2.12. The molecule has 1 aromatic carbocycles. The lowest BCUT2D eigenvalue weighted by Gasteiger charge is -2.29. The Morgan fingerprint density at radius 1 is 1.44 bits per heavy atom. The molecule has 2 rings (SSSR count). The minimum atomic E-state index is -0.282. The smallest absolute Gasteiger partial charge is 0.253 e. The number of piperidine rings is 1. The molecule has 98 valence electrons. The quantitative estimate of drug-likeness (QED) is 0.764. The fourth-order valence-corrected chi connectivity index (χ4v) is 2.12. The predicted molar refractivity (Wildman–Crippen MR) is 68.6 cm³/mol. The van der Waals surface area contributed by atoms with E-state index >= 15 is 0 Å². The first-order chi connectivity index (χ1) is 8.61. The Kier molecular flexibility index (Phi) is 3.72. The Balaban J connectivity index is 2.11. The van der Waals surface area contributed by atoms with Gasteiger partial charge in [0.2, 0.25) is 0 Å². The van der Waals surface area contributed by atoms with Crippen molar-refractivity contribution in [3.05, 3.63) is 23.8 Å². The van der Waals surface area contributed by atoms with E-state index in [2.05, 4.69) is 0 Å². The van der Waals surface area contributed by atoms with Crippen LogP contribution in [0, 0.1) is 0 Å². The molecule has 1 aliphatic rings. The Bertz CT molecular complexity index is 440. The summed E-state index contributed by atoms with van der Waals surface area (Å²) in [5, 5.41) is 9.42. The first-order valence-corrected chi connectivity index (χ1v) is 6.02. The second-order valence-corrected chi connectivity index (χ2v) is 4.48. The molecular weight excluding hydrogens is 232 g/mol. The Labute approximate surface area is 106 Å². The number of nitrogens with zero attached hydrogens (tertiary/aromatic N) is 1. The average molecular weight is 250 g/mol. The number of hydrogen-bond donors (Lipinski definition) is 2. The van der Waals surface area contributed by atoms with Gasteiger partial charge in [0.1, 0.15) is 5.75 Å². The van der Waals surface area contributed by atoms with Crippen LogP contribution < -0.4 is 10.5 Å². The molecule has 1 aliphatic heterocycles. The molecule has 0 unspecified atom stereocenters. The molecule has 18 heavy (non-hydrogen) atoms. The van der Waals surface area contributed by atoms with Crippen molar-refractivity contribution in [1.82, 2.24) is 4.90 Å². The predicted octanol–water partition coefficient (Wildman–Crippen LogP) is 0.874. The Hall–Kier alpha value is -1.75. The zero-order valence-electron chi connectivity index (χ0n) is 10.4. The van der Waals surface area contributed by atoms with Crippen molar-refractivity contribution in [2.24, 2.45) is 0 Å². The molecule has 1 amide bonds. The minimum absolute atomic E-state index is 0.0451. The number of amides is 1. The molecule has 0 aliphatic carbocycles. The molecule has 0 saturated carbocycles. The van der Waals surface area contributed by atoms with Gasteiger partial charge in [-0.05, 0) is 31.0 Å². The van der Waals surface area contributed by atoms with Crippen LogP contribution in [-0.2, 0) is 0 Å². The van der Waals surface area contributed by atoms with Gasteiger partial charge in [-0.15, -0.1) is 0 Å². The highest BCUT2D eigenvalue weighted by Crippen LogP contribution is 2.23. The molecule has 1 aromatic rings. The highest BCUT2D eigenvalue weighted by Gasteiger charge is 2.22. The number of methoxy groups -OCH3 is 1. The van der Waals surface area contributed by atoms with Gasteiger partial charge in [-0.25, -0.2) is 0 Å². The zero-order chi connectivity index (χ0) is 13.1. The number of ether oxygens (including phenoxy) is 1. The van der Waals surface area contributed by atoms with Gasteiger partial charge in [-0.1, -0.05) is 0 Å². The van der Waals surface area contributed by atoms with E-state index in [1.165, 1.54) is 0 Å². The van der Waals surface area contributed by atoms with E-state index in [4.69, 9.17) is 10.5 Å². The average Bonchev–Trinajstić information content (AvgIpc) is 2.38. The number of rotatable bonds is 2. The summed E-state index contributed by atoms with van der Waals surface area (Å²) in [6.45, 7) is 1.18. The second-order valence-electron chi connectivity index (χ2n) is 4.48. The van der Waals surface area contributed by atoms with Crippen LogP contribution in [0.25, 0.3) is 0 Å². The zero-order valence-corrected chi connectivity index (χ0v) is 10.4. The van der Waals surface area contributed by atoms with Crippen LogP contribution >= 0.6 is 0 Å². The number of carbonyl (C=O) groups is 1. The summed E-state index contributed by atoms with van der Waals surface area (Å²) in [6, 6.07) is 5.04. The molecule has 0 bridgehead atoms. The maximum atomic E-state index is 12.2. The summed E-state index contributed by atoms with van der Waals surface area (Å²) in [4.78, 5) is 14.0. The van der Waals surface area contributed by atoms with Crippen LogP contribution in [0.4, 0.5) is 5.69 Å². The van der Waals surface area contributed by atoms with Gasteiger partial charge in [0, 0.05) is 18.7 Å². The van der Waals surface area contributed by atoms with Crippen LogP contribution in [0.3, 0.4) is 0 Å². The molecule has 1 fully saturated rings. The van der Waals surface area contributed by atoms with Gasteiger partial charge in [0.25, 0.3) is 5.91 Å². The highest BCUT2D eigenvalue weighted by atomic mass is 16.5. The molecule has 0 aromatic heterocycles. The van der Waals surface area contributed by atoms with Crippen molar-refractivity contribution in [1.29, 1.82) is 0 Å².